The normalized spacial score (nSPS) is 11.8. The van der Waals surface area contributed by atoms with Gasteiger partial charge in [-0.15, -0.1) is 11.3 Å². The Morgan fingerprint density at radius 3 is 2.65 bits per heavy atom. The molecule has 5 nitrogen and oxygen atoms in total. The molecule has 0 bridgehead atoms. The molecule has 0 radical (unpaired) electrons. The zero-order chi connectivity index (χ0) is 17.0. The monoisotopic (exact) mass is 331 g/mol. The van der Waals surface area contributed by atoms with Crippen molar-refractivity contribution >= 4 is 23.0 Å². The molecule has 118 valence electrons. The molecule has 1 aromatic heterocycles. The molecular formula is C16H14FN3O2S. The molecule has 0 aliphatic rings. The van der Waals surface area contributed by atoms with Gasteiger partial charge in [0.1, 0.15) is 16.5 Å². The fraction of sp³-hybridized carbons (Fsp3) is 0.250. The minimum Gasteiger partial charge on any atom is -0.352 e. The zero-order valence-electron chi connectivity index (χ0n) is 12.5. The molecule has 1 aromatic carbocycles. The summed E-state index contributed by atoms with van der Waals surface area (Å²) in [4.78, 5) is 28.3. The third-order valence-electron chi connectivity index (χ3n) is 2.95. The number of carbonyl (C=O) groups excluding carboxylic acids is 2. The molecule has 1 atom stereocenters. The van der Waals surface area contributed by atoms with Gasteiger partial charge in [0, 0.05) is 17.0 Å². The number of amides is 1. The van der Waals surface area contributed by atoms with Crippen molar-refractivity contribution in [1.82, 2.24) is 10.3 Å². The van der Waals surface area contributed by atoms with Crippen LogP contribution in [0.5, 0.6) is 0 Å². The molecule has 0 aliphatic carbocycles. The number of Topliss-reactive ketones (excluding diaryl/α,β-unsaturated/α-hetero) is 1. The summed E-state index contributed by atoms with van der Waals surface area (Å²) in [5.74, 6) is -3.26. The van der Waals surface area contributed by atoms with Gasteiger partial charge in [-0.05, 0) is 26.0 Å². The average molecular weight is 331 g/mol. The van der Waals surface area contributed by atoms with Crippen LogP contribution >= 0.6 is 11.3 Å². The number of aromatic nitrogens is 1. The molecular weight excluding hydrogens is 317 g/mol. The number of rotatable bonds is 5. The van der Waals surface area contributed by atoms with Gasteiger partial charge in [-0.3, -0.25) is 9.59 Å². The number of hydrogen-bond acceptors (Lipinski definition) is 5. The lowest BCUT2D eigenvalue weighted by molar-refractivity contribution is -0.122. The SMILES string of the molecule is CC(C)NC(=O)C(C#N)C(=O)c1csc(-c2ccccc2F)n1. The number of hydrogen-bond donors (Lipinski definition) is 1. The van der Waals surface area contributed by atoms with Crippen molar-refractivity contribution in [2.24, 2.45) is 5.92 Å². The summed E-state index contributed by atoms with van der Waals surface area (Å²) in [7, 11) is 0. The fourth-order valence-corrected chi connectivity index (χ4v) is 2.73. The third kappa shape index (κ3) is 3.79. The Labute approximate surface area is 136 Å². The van der Waals surface area contributed by atoms with Gasteiger partial charge in [0.15, 0.2) is 5.92 Å². The number of ketones is 1. The molecule has 1 N–H and O–H groups in total. The smallest absolute Gasteiger partial charge is 0.245 e. The highest BCUT2D eigenvalue weighted by molar-refractivity contribution is 7.13. The highest BCUT2D eigenvalue weighted by atomic mass is 32.1. The Morgan fingerprint density at radius 1 is 1.35 bits per heavy atom. The maximum atomic E-state index is 13.7. The van der Waals surface area contributed by atoms with E-state index < -0.39 is 23.4 Å². The van der Waals surface area contributed by atoms with E-state index in [-0.39, 0.29) is 17.3 Å². The van der Waals surface area contributed by atoms with Crippen molar-refractivity contribution < 1.29 is 14.0 Å². The molecule has 7 heteroatoms. The lowest BCUT2D eigenvalue weighted by atomic mass is 10.0. The highest BCUT2D eigenvalue weighted by Gasteiger charge is 2.29. The zero-order valence-corrected chi connectivity index (χ0v) is 13.4. The van der Waals surface area contributed by atoms with Crippen LogP contribution in [0.4, 0.5) is 4.39 Å². The molecule has 23 heavy (non-hydrogen) atoms. The molecule has 0 saturated heterocycles. The van der Waals surface area contributed by atoms with Gasteiger partial charge in [-0.1, -0.05) is 12.1 Å². The third-order valence-corrected chi connectivity index (χ3v) is 3.82. The van der Waals surface area contributed by atoms with Gasteiger partial charge in [-0.2, -0.15) is 5.26 Å². The molecule has 0 fully saturated rings. The number of nitriles is 1. The van der Waals surface area contributed by atoms with E-state index in [2.05, 4.69) is 10.3 Å². The summed E-state index contributed by atoms with van der Waals surface area (Å²) in [5.41, 5.74) is 0.260. The van der Waals surface area contributed by atoms with Crippen molar-refractivity contribution in [1.29, 1.82) is 5.26 Å². The first-order chi connectivity index (χ1) is 10.9. The quantitative estimate of drug-likeness (QED) is 0.674. The van der Waals surface area contributed by atoms with Crippen LogP contribution in [-0.4, -0.2) is 22.7 Å². The van der Waals surface area contributed by atoms with Crippen LogP contribution in [0.25, 0.3) is 10.6 Å². The first-order valence-corrected chi connectivity index (χ1v) is 7.76. The van der Waals surface area contributed by atoms with E-state index in [9.17, 15) is 14.0 Å². The second-order valence-corrected chi connectivity index (χ2v) is 5.97. The van der Waals surface area contributed by atoms with E-state index in [4.69, 9.17) is 5.26 Å². The van der Waals surface area contributed by atoms with E-state index >= 15 is 0 Å². The highest BCUT2D eigenvalue weighted by Crippen LogP contribution is 2.27. The number of benzene rings is 1. The van der Waals surface area contributed by atoms with Crippen LogP contribution in [0.3, 0.4) is 0 Å². The van der Waals surface area contributed by atoms with E-state index in [1.165, 1.54) is 11.4 Å². The molecule has 2 aromatic rings. The van der Waals surface area contributed by atoms with E-state index in [1.54, 1.807) is 38.1 Å². The van der Waals surface area contributed by atoms with Crippen molar-refractivity contribution in [3.05, 3.63) is 41.2 Å². The Balaban J connectivity index is 2.26. The Kier molecular flexibility index (Phi) is 5.19. The summed E-state index contributed by atoms with van der Waals surface area (Å²) in [5, 5.41) is 13.4. The van der Waals surface area contributed by atoms with E-state index in [1.807, 2.05) is 0 Å². The predicted molar refractivity (Wildman–Crippen MR) is 84.2 cm³/mol. The molecule has 0 saturated carbocycles. The van der Waals surface area contributed by atoms with Crippen molar-refractivity contribution in [3.8, 4) is 16.6 Å². The fourth-order valence-electron chi connectivity index (χ4n) is 1.90. The van der Waals surface area contributed by atoms with Gasteiger partial charge >= 0.3 is 0 Å². The van der Waals surface area contributed by atoms with Crippen LogP contribution in [0.2, 0.25) is 0 Å². The van der Waals surface area contributed by atoms with Crippen LogP contribution in [0.1, 0.15) is 24.3 Å². The van der Waals surface area contributed by atoms with Gasteiger partial charge in [0.05, 0.1) is 6.07 Å². The van der Waals surface area contributed by atoms with Crippen LogP contribution in [0.15, 0.2) is 29.6 Å². The van der Waals surface area contributed by atoms with Gasteiger partial charge < -0.3 is 5.32 Å². The second-order valence-electron chi connectivity index (χ2n) is 5.11. The molecule has 1 amide bonds. The lowest BCUT2D eigenvalue weighted by Crippen LogP contribution is -2.38. The van der Waals surface area contributed by atoms with Crippen LogP contribution in [-0.2, 0) is 4.79 Å². The topological polar surface area (TPSA) is 82.9 Å². The first kappa shape index (κ1) is 16.8. The van der Waals surface area contributed by atoms with Crippen LogP contribution in [0, 0.1) is 23.1 Å². The van der Waals surface area contributed by atoms with Gasteiger partial charge in [-0.25, -0.2) is 9.37 Å². The molecule has 2 rings (SSSR count). The van der Waals surface area contributed by atoms with Gasteiger partial charge in [0.25, 0.3) is 0 Å². The number of halogens is 1. The van der Waals surface area contributed by atoms with E-state index in [0.29, 0.717) is 5.01 Å². The maximum absolute atomic E-state index is 13.7. The Bertz CT molecular complexity index is 780. The summed E-state index contributed by atoms with van der Waals surface area (Å²) in [6.07, 6.45) is 0. The standard InChI is InChI=1S/C16H14FN3O2S/c1-9(2)19-15(22)11(7-18)14(21)13-8-23-16(20-13)10-5-3-4-6-12(10)17/h3-6,8-9,11H,1-2H3,(H,19,22). The lowest BCUT2D eigenvalue weighted by Gasteiger charge is -2.10. The minimum absolute atomic E-state index is 0.0151. The first-order valence-electron chi connectivity index (χ1n) is 6.88. The number of nitrogens with zero attached hydrogens (tertiary/aromatic N) is 2. The summed E-state index contributed by atoms with van der Waals surface area (Å²) in [6, 6.07) is 7.58. The van der Waals surface area contributed by atoms with Crippen molar-refractivity contribution in [2.45, 2.75) is 19.9 Å². The summed E-state index contributed by atoms with van der Waals surface area (Å²) < 4.78 is 13.7. The number of nitrogens with one attached hydrogen (secondary N) is 1. The molecule has 0 aliphatic heterocycles. The summed E-state index contributed by atoms with van der Waals surface area (Å²) in [6.45, 7) is 3.46. The van der Waals surface area contributed by atoms with Crippen molar-refractivity contribution in [2.75, 3.05) is 0 Å². The molecule has 1 unspecified atom stereocenters. The Morgan fingerprint density at radius 2 is 2.04 bits per heavy atom. The predicted octanol–water partition coefficient (Wildman–Crippen LogP) is 2.80. The number of carbonyl (C=O) groups is 2. The average Bonchev–Trinajstić information content (AvgIpc) is 2.97. The van der Waals surface area contributed by atoms with Crippen molar-refractivity contribution in [3.63, 3.8) is 0 Å². The molecule has 1 heterocycles. The minimum atomic E-state index is -1.46. The maximum Gasteiger partial charge on any atom is 0.245 e. The summed E-state index contributed by atoms with van der Waals surface area (Å²) >= 11 is 1.09. The van der Waals surface area contributed by atoms with Gasteiger partial charge in [0.2, 0.25) is 11.7 Å². The van der Waals surface area contributed by atoms with E-state index in [0.717, 1.165) is 11.3 Å². The molecule has 0 spiro atoms. The largest absolute Gasteiger partial charge is 0.352 e. The second kappa shape index (κ2) is 7.11. The Hall–Kier alpha value is -2.59. The van der Waals surface area contributed by atoms with Crippen LogP contribution < -0.4 is 5.32 Å². The number of thiazole rings is 1.